The molecule has 148 valence electrons. The number of anilines is 1. The Morgan fingerprint density at radius 2 is 1.64 bits per heavy atom. The highest BCUT2D eigenvalue weighted by atomic mass is 19.1. The Balaban J connectivity index is 1.33. The zero-order chi connectivity index (χ0) is 19.7. The van der Waals surface area contributed by atoms with E-state index in [0.29, 0.717) is 30.8 Å². The number of nitrogens with zero attached hydrogens (tertiary/aromatic N) is 4. The molecule has 2 aliphatic heterocycles. The second-order valence-corrected chi connectivity index (χ2v) is 7.46. The second-order valence-electron chi connectivity index (χ2n) is 7.46. The highest BCUT2D eigenvalue weighted by molar-refractivity contribution is 6.08. The number of aromatic nitrogens is 1. The number of ketones is 1. The Morgan fingerprint density at radius 1 is 0.929 bits per heavy atom. The first kappa shape index (κ1) is 18.7. The number of benzene rings is 1. The van der Waals surface area contributed by atoms with Crippen molar-refractivity contribution in [2.75, 3.05) is 50.7 Å². The molecule has 0 unspecified atom stereocenters. The van der Waals surface area contributed by atoms with E-state index in [-0.39, 0.29) is 17.5 Å². The molecule has 2 aromatic rings. The second kappa shape index (κ2) is 7.75. The van der Waals surface area contributed by atoms with Crippen LogP contribution in [0.3, 0.4) is 0 Å². The lowest BCUT2D eigenvalue weighted by Crippen LogP contribution is -2.49. The molecule has 3 heterocycles. The van der Waals surface area contributed by atoms with Crippen molar-refractivity contribution in [1.82, 2.24) is 14.4 Å². The van der Waals surface area contributed by atoms with Gasteiger partial charge in [-0.3, -0.25) is 14.5 Å². The van der Waals surface area contributed by atoms with E-state index >= 15 is 0 Å². The maximum atomic E-state index is 13.1. The van der Waals surface area contributed by atoms with E-state index in [9.17, 15) is 14.0 Å². The van der Waals surface area contributed by atoms with Crippen molar-refractivity contribution in [2.24, 2.45) is 7.05 Å². The summed E-state index contributed by atoms with van der Waals surface area (Å²) in [6, 6.07) is 8.36. The zero-order valence-electron chi connectivity index (χ0n) is 16.1. The van der Waals surface area contributed by atoms with Gasteiger partial charge in [0, 0.05) is 76.7 Å². The fraction of sp³-hybridized carbons (Fsp3) is 0.429. The molecule has 1 aromatic heterocycles. The Hall–Kier alpha value is -2.67. The minimum atomic E-state index is -0.218. The van der Waals surface area contributed by atoms with Gasteiger partial charge in [-0.15, -0.1) is 0 Å². The van der Waals surface area contributed by atoms with Crippen molar-refractivity contribution >= 4 is 17.4 Å². The summed E-state index contributed by atoms with van der Waals surface area (Å²) in [5.74, 6) is -0.234. The fourth-order valence-corrected chi connectivity index (χ4v) is 4.00. The number of fused-ring (bicyclic) bond motifs is 1. The number of halogens is 1. The van der Waals surface area contributed by atoms with Crippen molar-refractivity contribution in [1.29, 1.82) is 0 Å². The van der Waals surface area contributed by atoms with Gasteiger partial charge in [0.1, 0.15) is 11.5 Å². The number of carbonyl (C=O) groups excluding carboxylic acids is 2. The van der Waals surface area contributed by atoms with E-state index in [0.717, 1.165) is 38.4 Å². The standard InChI is InChI=1S/C21H25FN4O2/c1-23-8-6-18-19(27)7-9-26(21(28)20(18)23)15-12-24-10-13-25(14-11-24)17-4-2-16(22)3-5-17/h2-6,8H,7,9-15H2,1H3. The van der Waals surface area contributed by atoms with Crippen molar-refractivity contribution in [3.05, 3.63) is 53.6 Å². The monoisotopic (exact) mass is 384 g/mol. The quantitative estimate of drug-likeness (QED) is 0.809. The molecule has 1 saturated heterocycles. The number of rotatable bonds is 4. The molecule has 4 rings (SSSR count). The molecule has 0 saturated carbocycles. The van der Waals surface area contributed by atoms with E-state index in [1.807, 2.05) is 19.2 Å². The van der Waals surface area contributed by atoms with Crippen LogP contribution in [0.4, 0.5) is 10.1 Å². The molecule has 2 aliphatic rings. The zero-order valence-corrected chi connectivity index (χ0v) is 16.1. The summed E-state index contributed by atoms with van der Waals surface area (Å²) >= 11 is 0. The molecule has 0 aliphatic carbocycles. The summed E-state index contributed by atoms with van der Waals surface area (Å²) in [6.45, 7) is 5.42. The fourth-order valence-electron chi connectivity index (χ4n) is 4.00. The van der Waals surface area contributed by atoms with Crippen LogP contribution in [0.25, 0.3) is 0 Å². The first-order chi connectivity index (χ1) is 13.5. The average Bonchev–Trinajstić information content (AvgIpc) is 3.04. The van der Waals surface area contributed by atoms with Crippen LogP contribution in [0, 0.1) is 5.82 Å². The molecular weight excluding hydrogens is 359 g/mol. The molecule has 1 fully saturated rings. The van der Waals surface area contributed by atoms with Crippen molar-refractivity contribution in [3.8, 4) is 0 Å². The van der Waals surface area contributed by atoms with Crippen LogP contribution in [0.15, 0.2) is 36.5 Å². The third-order valence-electron chi connectivity index (χ3n) is 5.72. The predicted molar refractivity (Wildman–Crippen MR) is 105 cm³/mol. The minimum Gasteiger partial charge on any atom is -0.369 e. The van der Waals surface area contributed by atoms with Gasteiger partial charge < -0.3 is 14.4 Å². The van der Waals surface area contributed by atoms with Crippen molar-refractivity contribution in [2.45, 2.75) is 6.42 Å². The lowest BCUT2D eigenvalue weighted by molar-refractivity contribution is 0.0727. The molecule has 28 heavy (non-hydrogen) atoms. The highest BCUT2D eigenvalue weighted by Gasteiger charge is 2.29. The largest absolute Gasteiger partial charge is 0.369 e. The Kier molecular flexibility index (Phi) is 5.17. The summed E-state index contributed by atoms with van der Waals surface area (Å²) in [5, 5.41) is 0. The number of hydrogen-bond acceptors (Lipinski definition) is 4. The van der Waals surface area contributed by atoms with Crippen molar-refractivity contribution in [3.63, 3.8) is 0 Å². The smallest absolute Gasteiger partial charge is 0.271 e. The molecule has 0 spiro atoms. The average molecular weight is 384 g/mol. The normalized spacial score (nSPS) is 18.4. The Morgan fingerprint density at radius 3 is 2.36 bits per heavy atom. The summed E-state index contributed by atoms with van der Waals surface area (Å²) in [5.41, 5.74) is 2.09. The summed E-state index contributed by atoms with van der Waals surface area (Å²) in [6.07, 6.45) is 2.15. The Bertz CT molecular complexity index is 869. The third kappa shape index (κ3) is 3.67. The maximum Gasteiger partial charge on any atom is 0.271 e. The van der Waals surface area contributed by atoms with Crippen molar-refractivity contribution < 1.29 is 14.0 Å². The molecular formula is C21H25FN4O2. The lowest BCUT2D eigenvalue weighted by Gasteiger charge is -2.37. The van der Waals surface area contributed by atoms with Gasteiger partial charge in [-0.1, -0.05) is 0 Å². The topological polar surface area (TPSA) is 48.8 Å². The summed E-state index contributed by atoms with van der Waals surface area (Å²) in [7, 11) is 1.81. The van der Waals surface area contributed by atoms with Gasteiger partial charge >= 0.3 is 0 Å². The van der Waals surface area contributed by atoms with Crippen LogP contribution in [0.2, 0.25) is 0 Å². The third-order valence-corrected chi connectivity index (χ3v) is 5.72. The number of aryl methyl sites for hydroxylation is 1. The van der Waals surface area contributed by atoms with Crippen LogP contribution < -0.4 is 4.90 Å². The van der Waals surface area contributed by atoms with Crippen LogP contribution >= 0.6 is 0 Å². The van der Waals surface area contributed by atoms with Crippen LogP contribution in [-0.4, -0.2) is 71.9 Å². The van der Waals surface area contributed by atoms with E-state index < -0.39 is 0 Å². The van der Waals surface area contributed by atoms with Gasteiger partial charge in [0.2, 0.25) is 0 Å². The SMILES string of the molecule is Cn1ccc2c1C(=O)N(CCN1CCN(c3ccc(F)cc3)CC1)CCC2=O. The van der Waals surface area contributed by atoms with Gasteiger partial charge in [0.15, 0.2) is 5.78 Å². The molecule has 7 heteroatoms. The Labute approximate surface area is 164 Å². The van der Waals surface area contributed by atoms with E-state index in [1.54, 1.807) is 21.7 Å². The van der Waals surface area contributed by atoms with Crippen LogP contribution in [0.1, 0.15) is 27.3 Å². The van der Waals surface area contributed by atoms with Crippen LogP contribution in [-0.2, 0) is 7.05 Å². The molecule has 0 radical (unpaired) electrons. The number of amides is 1. The summed E-state index contributed by atoms with van der Waals surface area (Å²) in [4.78, 5) is 31.6. The van der Waals surface area contributed by atoms with Gasteiger partial charge in [-0.25, -0.2) is 4.39 Å². The number of Topliss-reactive ketones (excluding diaryl/α,β-unsaturated/α-hetero) is 1. The first-order valence-corrected chi connectivity index (χ1v) is 9.73. The van der Waals surface area contributed by atoms with Crippen LogP contribution in [0.5, 0.6) is 0 Å². The molecule has 0 N–H and O–H groups in total. The van der Waals surface area contributed by atoms with Gasteiger partial charge in [0.05, 0.1) is 0 Å². The molecule has 0 atom stereocenters. The molecule has 6 nitrogen and oxygen atoms in total. The number of hydrogen-bond donors (Lipinski definition) is 0. The lowest BCUT2D eigenvalue weighted by atomic mass is 10.1. The molecule has 1 amide bonds. The van der Waals surface area contributed by atoms with Gasteiger partial charge in [0.25, 0.3) is 5.91 Å². The van der Waals surface area contributed by atoms with E-state index in [4.69, 9.17) is 0 Å². The number of carbonyl (C=O) groups is 2. The van der Waals surface area contributed by atoms with Gasteiger partial charge in [-0.2, -0.15) is 0 Å². The van der Waals surface area contributed by atoms with E-state index in [1.165, 1.54) is 12.1 Å². The molecule has 0 bridgehead atoms. The first-order valence-electron chi connectivity index (χ1n) is 9.73. The number of piperazine rings is 1. The summed E-state index contributed by atoms with van der Waals surface area (Å²) < 4.78 is 14.8. The molecule has 1 aromatic carbocycles. The minimum absolute atomic E-state index is 0.0411. The van der Waals surface area contributed by atoms with E-state index in [2.05, 4.69) is 9.80 Å². The van der Waals surface area contributed by atoms with Gasteiger partial charge in [-0.05, 0) is 30.3 Å². The maximum absolute atomic E-state index is 13.1. The predicted octanol–water partition coefficient (Wildman–Crippen LogP) is 2.01. The highest BCUT2D eigenvalue weighted by Crippen LogP contribution is 2.20.